The van der Waals surface area contributed by atoms with Crippen LogP contribution in [0.25, 0.3) is 0 Å². The predicted octanol–water partition coefficient (Wildman–Crippen LogP) is 0.600. The van der Waals surface area contributed by atoms with Gasteiger partial charge in [0.15, 0.2) is 0 Å². The molecule has 1 spiro atoms. The molecule has 2 aliphatic rings. The summed E-state index contributed by atoms with van der Waals surface area (Å²) in [6.07, 6.45) is 2.61. The fourth-order valence-electron chi connectivity index (χ4n) is 2.86. The van der Waals surface area contributed by atoms with Gasteiger partial charge in [-0.25, -0.2) is 4.79 Å². The monoisotopic (exact) mass is 283 g/mol. The smallest absolute Gasteiger partial charge is 0.325 e. The van der Waals surface area contributed by atoms with Crippen molar-refractivity contribution < 1.29 is 14.7 Å². The molecule has 0 aromatic rings. The van der Waals surface area contributed by atoms with Crippen molar-refractivity contribution in [3.05, 3.63) is 0 Å². The fraction of sp³-hybridized carbons (Fsp3) is 0.857. The van der Waals surface area contributed by atoms with Gasteiger partial charge in [-0.2, -0.15) is 0 Å². The maximum atomic E-state index is 12.4. The molecule has 3 N–H and O–H groups in total. The number of β-amino-alcohol motifs (C(OH)–C–C–N with tert-alkyl or cyclic N) is 1. The van der Waals surface area contributed by atoms with Crippen LogP contribution in [0.15, 0.2) is 0 Å². The zero-order valence-corrected chi connectivity index (χ0v) is 12.5. The summed E-state index contributed by atoms with van der Waals surface area (Å²) in [5.74, 6) is -0.171. The van der Waals surface area contributed by atoms with E-state index in [-0.39, 0.29) is 24.0 Å². The number of rotatable bonds is 4. The molecule has 0 aromatic carbocycles. The van der Waals surface area contributed by atoms with Gasteiger partial charge in [-0.1, -0.05) is 12.8 Å². The first-order valence-corrected chi connectivity index (χ1v) is 7.31. The summed E-state index contributed by atoms with van der Waals surface area (Å²) in [6, 6.07) is -0.369. The van der Waals surface area contributed by atoms with Crippen LogP contribution in [-0.2, 0) is 4.79 Å². The number of hydrogen-bond donors (Lipinski definition) is 3. The summed E-state index contributed by atoms with van der Waals surface area (Å²) in [4.78, 5) is 25.5. The molecular weight excluding hydrogens is 258 g/mol. The van der Waals surface area contributed by atoms with E-state index in [1.807, 2.05) is 20.8 Å². The highest BCUT2D eigenvalue weighted by molar-refractivity contribution is 6.07. The van der Waals surface area contributed by atoms with Gasteiger partial charge in [0.05, 0.1) is 12.6 Å². The lowest BCUT2D eigenvalue weighted by Crippen LogP contribution is -2.47. The first-order chi connectivity index (χ1) is 9.23. The van der Waals surface area contributed by atoms with Gasteiger partial charge in [-0.3, -0.25) is 9.69 Å². The normalized spacial score (nSPS) is 23.5. The van der Waals surface area contributed by atoms with Crippen LogP contribution in [0.2, 0.25) is 0 Å². The largest absolute Gasteiger partial charge is 0.390 e. The topological polar surface area (TPSA) is 81.7 Å². The maximum Gasteiger partial charge on any atom is 0.325 e. The number of carbonyl (C=O) groups is 2. The van der Waals surface area contributed by atoms with Crippen LogP contribution in [0.4, 0.5) is 4.79 Å². The van der Waals surface area contributed by atoms with Crippen molar-refractivity contribution in [3.8, 4) is 0 Å². The second kappa shape index (κ2) is 5.33. The molecule has 1 aliphatic heterocycles. The third-order valence-electron chi connectivity index (χ3n) is 3.96. The molecule has 2 fully saturated rings. The Hall–Kier alpha value is -1.14. The summed E-state index contributed by atoms with van der Waals surface area (Å²) in [5.41, 5.74) is -0.792. The number of carbonyl (C=O) groups excluding carboxylic acids is 2. The van der Waals surface area contributed by atoms with Crippen LogP contribution in [0, 0.1) is 0 Å². The Morgan fingerprint density at radius 1 is 1.35 bits per heavy atom. The standard InChI is InChI=1S/C14H25N3O3/c1-13(2,3)15-8-10(18)9-17-11(19)14(16-12(17)20)6-4-5-7-14/h10,15,18H,4-9H2,1-3H3,(H,16,20). The Morgan fingerprint density at radius 2 is 1.95 bits per heavy atom. The second-order valence-electron chi connectivity index (χ2n) is 6.92. The number of aliphatic hydroxyl groups excluding tert-OH is 1. The highest BCUT2D eigenvalue weighted by Crippen LogP contribution is 2.34. The molecule has 0 aromatic heterocycles. The molecule has 1 unspecified atom stereocenters. The van der Waals surface area contributed by atoms with E-state index in [1.54, 1.807) is 0 Å². The lowest BCUT2D eigenvalue weighted by molar-refractivity contribution is -0.132. The SMILES string of the molecule is CC(C)(C)NCC(O)CN1C(=O)NC2(CCCC2)C1=O. The van der Waals surface area contributed by atoms with Crippen molar-refractivity contribution in [1.82, 2.24) is 15.5 Å². The minimum Gasteiger partial charge on any atom is -0.390 e. The predicted molar refractivity (Wildman–Crippen MR) is 75.2 cm³/mol. The van der Waals surface area contributed by atoms with Gasteiger partial charge >= 0.3 is 6.03 Å². The van der Waals surface area contributed by atoms with Crippen LogP contribution >= 0.6 is 0 Å². The Balaban J connectivity index is 1.92. The Bertz CT molecular complexity index is 397. The van der Waals surface area contributed by atoms with Crippen molar-refractivity contribution in [3.63, 3.8) is 0 Å². The third-order valence-corrected chi connectivity index (χ3v) is 3.96. The first kappa shape index (κ1) is 15.3. The molecule has 1 atom stereocenters. The summed E-state index contributed by atoms with van der Waals surface area (Å²) < 4.78 is 0. The molecule has 2 rings (SSSR count). The molecule has 0 radical (unpaired) electrons. The Morgan fingerprint density at radius 3 is 2.50 bits per heavy atom. The van der Waals surface area contributed by atoms with Crippen molar-refractivity contribution in [1.29, 1.82) is 0 Å². The van der Waals surface area contributed by atoms with Gasteiger partial charge in [0, 0.05) is 12.1 Å². The van der Waals surface area contributed by atoms with Crippen LogP contribution in [-0.4, -0.2) is 52.2 Å². The van der Waals surface area contributed by atoms with Crippen molar-refractivity contribution in [2.75, 3.05) is 13.1 Å². The van der Waals surface area contributed by atoms with Crippen molar-refractivity contribution >= 4 is 11.9 Å². The van der Waals surface area contributed by atoms with E-state index in [0.717, 1.165) is 12.8 Å². The molecule has 6 heteroatoms. The molecule has 6 nitrogen and oxygen atoms in total. The lowest BCUT2D eigenvalue weighted by Gasteiger charge is -2.25. The molecule has 0 bridgehead atoms. The number of urea groups is 1. The number of amides is 3. The molecule has 1 saturated heterocycles. The number of nitrogens with one attached hydrogen (secondary N) is 2. The number of aliphatic hydroxyl groups is 1. The molecule has 1 saturated carbocycles. The highest BCUT2D eigenvalue weighted by atomic mass is 16.3. The molecule has 114 valence electrons. The zero-order chi connectivity index (χ0) is 15.0. The van der Waals surface area contributed by atoms with Crippen molar-refractivity contribution in [2.24, 2.45) is 0 Å². The lowest BCUT2D eigenvalue weighted by atomic mass is 9.98. The minimum absolute atomic E-state index is 0.0511. The highest BCUT2D eigenvalue weighted by Gasteiger charge is 2.52. The number of nitrogens with zero attached hydrogens (tertiary/aromatic N) is 1. The molecule has 3 amide bonds. The summed E-state index contributed by atoms with van der Waals surface area (Å²) in [6.45, 7) is 6.41. The minimum atomic E-state index is -0.750. The van der Waals surface area contributed by atoms with Crippen LogP contribution in [0.5, 0.6) is 0 Å². The summed E-state index contributed by atoms with van der Waals surface area (Å²) in [7, 11) is 0. The third kappa shape index (κ3) is 3.12. The van der Waals surface area contributed by atoms with E-state index in [9.17, 15) is 14.7 Å². The van der Waals surface area contributed by atoms with Crippen LogP contribution < -0.4 is 10.6 Å². The van der Waals surface area contributed by atoms with E-state index in [0.29, 0.717) is 19.4 Å². The van der Waals surface area contributed by atoms with Gasteiger partial charge < -0.3 is 15.7 Å². The quantitative estimate of drug-likeness (QED) is 0.660. The molecule has 1 heterocycles. The number of hydrogen-bond acceptors (Lipinski definition) is 4. The Kier molecular flexibility index (Phi) is 4.07. The van der Waals surface area contributed by atoms with Crippen molar-refractivity contribution in [2.45, 2.75) is 63.6 Å². The van der Waals surface area contributed by atoms with Gasteiger partial charge in [0.1, 0.15) is 5.54 Å². The van der Waals surface area contributed by atoms with Gasteiger partial charge in [-0.05, 0) is 33.6 Å². The first-order valence-electron chi connectivity index (χ1n) is 7.31. The number of imide groups is 1. The average Bonchev–Trinajstić information content (AvgIpc) is 2.88. The molecule has 20 heavy (non-hydrogen) atoms. The fourth-order valence-corrected chi connectivity index (χ4v) is 2.86. The summed E-state index contributed by atoms with van der Waals surface area (Å²) >= 11 is 0. The van der Waals surface area contributed by atoms with Crippen LogP contribution in [0.1, 0.15) is 46.5 Å². The second-order valence-corrected chi connectivity index (χ2v) is 6.92. The Labute approximate surface area is 119 Å². The van der Waals surface area contributed by atoms with E-state index >= 15 is 0 Å². The van der Waals surface area contributed by atoms with E-state index in [4.69, 9.17) is 0 Å². The molecular formula is C14H25N3O3. The van der Waals surface area contributed by atoms with E-state index < -0.39 is 11.6 Å². The average molecular weight is 283 g/mol. The van der Waals surface area contributed by atoms with Crippen LogP contribution in [0.3, 0.4) is 0 Å². The molecule has 1 aliphatic carbocycles. The van der Waals surface area contributed by atoms with E-state index in [2.05, 4.69) is 10.6 Å². The summed E-state index contributed by atoms with van der Waals surface area (Å²) in [5, 5.41) is 16.0. The zero-order valence-electron chi connectivity index (χ0n) is 12.5. The van der Waals surface area contributed by atoms with Gasteiger partial charge in [0.2, 0.25) is 0 Å². The van der Waals surface area contributed by atoms with Gasteiger partial charge in [-0.15, -0.1) is 0 Å². The van der Waals surface area contributed by atoms with E-state index in [1.165, 1.54) is 4.90 Å². The van der Waals surface area contributed by atoms with Gasteiger partial charge in [0.25, 0.3) is 5.91 Å². The maximum absolute atomic E-state index is 12.4.